The number of rotatable bonds is 4. The Kier molecular flexibility index (Phi) is 3.88. The fraction of sp³-hybridized carbons (Fsp3) is 0.474. The van der Waals surface area contributed by atoms with Gasteiger partial charge in [-0.25, -0.2) is 4.98 Å². The summed E-state index contributed by atoms with van der Waals surface area (Å²) in [7, 11) is 0. The van der Waals surface area contributed by atoms with Gasteiger partial charge in [-0.15, -0.1) is 0 Å². The van der Waals surface area contributed by atoms with Crippen molar-refractivity contribution in [2.45, 2.75) is 39.4 Å². The molecule has 2 aliphatic heterocycles. The van der Waals surface area contributed by atoms with Crippen LogP contribution in [0.25, 0.3) is 0 Å². The molecule has 0 amide bonds. The Labute approximate surface area is 142 Å². The number of fused-ring (bicyclic) bond motifs is 1. The first-order valence-electron chi connectivity index (χ1n) is 8.53. The van der Waals surface area contributed by atoms with E-state index < -0.39 is 0 Å². The van der Waals surface area contributed by atoms with Crippen molar-refractivity contribution in [3.63, 3.8) is 0 Å². The zero-order valence-corrected chi connectivity index (χ0v) is 14.5. The van der Waals surface area contributed by atoms with Crippen LogP contribution in [0.15, 0.2) is 24.3 Å². The smallest absolute Gasteiger partial charge is 0.220 e. The monoisotopic (exact) mass is 325 g/mol. The quantitative estimate of drug-likeness (QED) is 0.864. The van der Waals surface area contributed by atoms with E-state index in [0.717, 1.165) is 49.2 Å². The van der Waals surface area contributed by atoms with Gasteiger partial charge in [-0.05, 0) is 38.5 Å². The SMILES string of the molecule is Cc1cccc(OC2CN(CC3Cc4c(C)nc(C)nc4O3)C2)c1. The van der Waals surface area contributed by atoms with Gasteiger partial charge in [0.1, 0.15) is 23.8 Å². The van der Waals surface area contributed by atoms with Gasteiger partial charge in [-0.3, -0.25) is 4.90 Å². The lowest BCUT2D eigenvalue weighted by atomic mass is 10.1. The number of ether oxygens (including phenoxy) is 2. The molecule has 1 aromatic heterocycles. The molecule has 5 heteroatoms. The molecule has 2 aliphatic rings. The molecule has 0 spiro atoms. The van der Waals surface area contributed by atoms with Crippen LogP contribution in [0.3, 0.4) is 0 Å². The first-order chi connectivity index (χ1) is 11.6. The highest BCUT2D eigenvalue weighted by Gasteiger charge is 2.34. The molecular formula is C19H23N3O2. The van der Waals surface area contributed by atoms with Gasteiger partial charge in [0.05, 0.1) is 0 Å². The second-order valence-electron chi connectivity index (χ2n) is 6.86. The number of hydrogen-bond acceptors (Lipinski definition) is 5. The van der Waals surface area contributed by atoms with Crippen LogP contribution in [0.4, 0.5) is 0 Å². The van der Waals surface area contributed by atoms with Crippen molar-refractivity contribution in [3.8, 4) is 11.6 Å². The molecule has 24 heavy (non-hydrogen) atoms. The summed E-state index contributed by atoms with van der Waals surface area (Å²) in [5, 5.41) is 0. The van der Waals surface area contributed by atoms with Crippen LogP contribution >= 0.6 is 0 Å². The molecule has 126 valence electrons. The van der Waals surface area contributed by atoms with Gasteiger partial charge in [0, 0.05) is 37.3 Å². The average molecular weight is 325 g/mol. The predicted molar refractivity (Wildman–Crippen MR) is 91.7 cm³/mol. The number of hydrogen-bond donors (Lipinski definition) is 0. The third-order valence-corrected chi connectivity index (χ3v) is 4.68. The van der Waals surface area contributed by atoms with Gasteiger partial charge < -0.3 is 9.47 Å². The summed E-state index contributed by atoms with van der Waals surface area (Å²) >= 11 is 0. The van der Waals surface area contributed by atoms with E-state index in [4.69, 9.17) is 9.47 Å². The molecule has 0 saturated carbocycles. The van der Waals surface area contributed by atoms with E-state index in [2.05, 4.69) is 33.9 Å². The molecule has 1 fully saturated rings. The minimum Gasteiger partial charge on any atom is -0.488 e. The molecule has 0 bridgehead atoms. The number of aromatic nitrogens is 2. The molecule has 5 nitrogen and oxygen atoms in total. The summed E-state index contributed by atoms with van der Waals surface area (Å²) in [6.07, 6.45) is 1.36. The van der Waals surface area contributed by atoms with E-state index in [1.165, 1.54) is 11.1 Å². The Hall–Kier alpha value is -2.14. The number of likely N-dealkylation sites (tertiary alicyclic amines) is 1. The lowest BCUT2D eigenvalue weighted by molar-refractivity contribution is -0.000102. The second kappa shape index (κ2) is 6.06. The Morgan fingerprint density at radius 3 is 2.83 bits per heavy atom. The lowest BCUT2D eigenvalue weighted by Crippen LogP contribution is -2.56. The molecule has 2 aromatic rings. The highest BCUT2D eigenvalue weighted by atomic mass is 16.5. The summed E-state index contributed by atoms with van der Waals surface area (Å²) in [4.78, 5) is 11.2. The Morgan fingerprint density at radius 1 is 1.21 bits per heavy atom. The van der Waals surface area contributed by atoms with E-state index in [-0.39, 0.29) is 12.2 Å². The summed E-state index contributed by atoms with van der Waals surface area (Å²) in [5.41, 5.74) is 3.44. The zero-order valence-electron chi connectivity index (χ0n) is 14.5. The van der Waals surface area contributed by atoms with Gasteiger partial charge in [0.2, 0.25) is 5.88 Å². The minimum atomic E-state index is 0.176. The molecule has 0 radical (unpaired) electrons. The van der Waals surface area contributed by atoms with Crippen LogP contribution in [0.5, 0.6) is 11.6 Å². The van der Waals surface area contributed by atoms with Gasteiger partial charge in [-0.2, -0.15) is 4.98 Å². The summed E-state index contributed by atoms with van der Waals surface area (Å²) in [6.45, 7) is 8.85. The fourth-order valence-electron chi connectivity index (χ4n) is 3.48. The van der Waals surface area contributed by atoms with Crippen LogP contribution in [-0.2, 0) is 6.42 Å². The second-order valence-corrected chi connectivity index (χ2v) is 6.86. The number of aryl methyl sites for hydroxylation is 3. The van der Waals surface area contributed by atoms with E-state index >= 15 is 0 Å². The van der Waals surface area contributed by atoms with Crippen molar-refractivity contribution in [2.75, 3.05) is 19.6 Å². The topological polar surface area (TPSA) is 47.5 Å². The summed E-state index contributed by atoms with van der Waals surface area (Å²) < 4.78 is 12.0. The van der Waals surface area contributed by atoms with Gasteiger partial charge >= 0.3 is 0 Å². The molecule has 0 N–H and O–H groups in total. The third-order valence-electron chi connectivity index (χ3n) is 4.68. The van der Waals surface area contributed by atoms with Crippen molar-refractivity contribution in [1.29, 1.82) is 0 Å². The maximum absolute atomic E-state index is 6.02. The summed E-state index contributed by atoms with van der Waals surface area (Å²) in [5.74, 6) is 2.52. The summed E-state index contributed by atoms with van der Waals surface area (Å²) in [6, 6.07) is 8.23. The largest absolute Gasteiger partial charge is 0.488 e. The van der Waals surface area contributed by atoms with E-state index in [0.29, 0.717) is 0 Å². The highest BCUT2D eigenvalue weighted by molar-refractivity contribution is 5.34. The predicted octanol–water partition coefficient (Wildman–Crippen LogP) is 2.47. The normalized spacial score (nSPS) is 20.4. The third kappa shape index (κ3) is 3.08. The minimum absolute atomic E-state index is 0.176. The van der Waals surface area contributed by atoms with Crippen molar-refractivity contribution in [2.24, 2.45) is 0 Å². The molecule has 1 atom stereocenters. The molecule has 3 heterocycles. The molecule has 0 aliphatic carbocycles. The standard InChI is InChI=1S/C19H23N3O2/c1-12-5-4-6-15(7-12)23-17-10-22(11-17)9-16-8-18-13(2)20-14(3)21-19(18)24-16/h4-7,16-17H,8-11H2,1-3H3. The van der Waals surface area contributed by atoms with Crippen molar-refractivity contribution < 1.29 is 9.47 Å². The van der Waals surface area contributed by atoms with Crippen LogP contribution in [0.1, 0.15) is 22.6 Å². The van der Waals surface area contributed by atoms with Crippen LogP contribution in [0, 0.1) is 20.8 Å². The molecule has 1 aromatic carbocycles. The number of benzene rings is 1. The lowest BCUT2D eigenvalue weighted by Gasteiger charge is -2.39. The number of nitrogens with zero attached hydrogens (tertiary/aromatic N) is 3. The van der Waals surface area contributed by atoms with Crippen molar-refractivity contribution in [1.82, 2.24) is 14.9 Å². The maximum atomic E-state index is 6.02. The van der Waals surface area contributed by atoms with Crippen LogP contribution < -0.4 is 9.47 Å². The first kappa shape index (κ1) is 15.4. The van der Waals surface area contributed by atoms with Crippen molar-refractivity contribution >= 4 is 0 Å². The van der Waals surface area contributed by atoms with Gasteiger partial charge in [-0.1, -0.05) is 12.1 Å². The van der Waals surface area contributed by atoms with E-state index in [1.54, 1.807) is 0 Å². The van der Waals surface area contributed by atoms with Gasteiger partial charge in [0.25, 0.3) is 0 Å². The fourth-order valence-corrected chi connectivity index (χ4v) is 3.48. The molecule has 1 unspecified atom stereocenters. The van der Waals surface area contributed by atoms with Crippen LogP contribution in [0.2, 0.25) is 0 Å². The maximum Gasteiger partial charge on any atom is 0.220 e. The van der Waals surface area contributed by atoms with E-state index in [1.807, 2.05) is 26.0 Å². The highest BCUT2D eigenvalue weighted by Crippen LogP contribution is 2.30. The van der Waals surface area contributed by atoms with E-state index in [9.17, 15) is 0 Å². The average Bonchev–Trinajstić information content (AvgIpc) is 2.88. The Morgan fingerprint density at radius 2 is 2.04 bits per heavy atom. The van der Waals surface area contributed by atoms with Gasteiger partial charge in [0.15, 0.2) is 0 Å². The molecule has 1 saturated heterocycles. The van der Waals surface area contributed by atoms with Crippen molar-refractivity contribution in [3.05, 3.63) is 46.9 Å². The van der Waals surface area contributed by atoms with Crippen LogP contribution in [-0.4, -0.2) is 46.7 Å². The Bertz CT molecular complexity index is 756. The Balaban J connectivity index is 1.28. The molecular weight excluding hydrogens is 302 g/mol. The first-order valence-corrected chi connectivity index (χ1v) is 8.53. The molecule has 4 rings (SSSR count). The zero-order chi connectivity index (χ0) is 16.7.